The monoisotopic (exact) mass is 279 g/mol. The van der Waals surface area contributed by atoms with Crippen molar-refractivity contribution in [1.82, 2.24) is 4.90 Å². The van der Waals surface area contributed by atoms with Crippen molar-refractivity contribution in [2.24, 2.45) is 5.92 Å². The Morgan fingerprint density at radius 1 is 1.35 bits per heavy atom. The average Bonchev–Trinajstić information content (AvgIpc) is 2.46. The van der Waals surface area contributed by atoms with Crippen LogP contribution < -0.4 is 4.74 Å². The Kier molecular flexibility index (Phi) is 4.45. The number of carboxylic acids is 1. The van der Waals surface area contributed by atoms with Crippen molar-refractivity contribution < 1.29 is 24.5 Å². The Labute approximate surface area is 116 Å². The van der Waals surface area contributed by atoms with E-state index in [1.165, 1.54) is 11.0 Å². The molecule has 0 saturated carbocycles. The second kappa shape index (κ2) is 6.27. The van der Waals surface area contributed by atoms with E-state index in [1.54, 1.807) is 18.2 Å². The van der Waals surface area contributed by atoms with Crippen LogP contribution in [0.15, 0.2) is 24.3 Å². The molecule has 6 heteroatoms. The molecule has 0 aliphatic carbocycles. The highest BCUT2D eigenvalue weighted by Gasteiger charge is 2.28. The number of carbonyl (C=O) groups is 2. The van der Waals surface area contributed by atoms with Gasteiger partial charge in [-0.3, -0.25) is 9.59 Å². The summed E-state index contributed by atoms with van der Waals surface area (Å²) in [6.07, 6.45) is 1.28. The molecule has 1 aromatic rings. The van der Waals surface area contributed by atoms with E-state index in [0.717, 1.165) is 0 Å². The normalized spacial score (nSPS) is 18.6. The summed E-state index contributed by atoms with van der Waals surface area (Å²) < 4.78 is 5.26. The fraction of sp³-hybridized carbons (Fsp3) is 0.429. The van der Waals surface area contributed by atoms with Crippen molar-refractivity contribution in [2.45, 2.75) is 12.8 Å². The molecule has 1 aliphatic rings. The van der Waals surface area contributed by atoms with Crippen LogP contribution in [0.25, 0.3) is 0 Å². The van der Waals surface area contributed by atoms with E-state index in [9.17, 15) is 14.7 Å². The van der Waals surface area contributed by atoms with Crippen molar-refractivity contribution in [1.29, 1.82) is 0 Å². The van der Waals surface area contributed by atoms with Gasteiger partial charge in [0.05, 0.1) is 5.92 Å². The zero-order valence-corrected chi connectivity index (χ0v) is 11.0. The van der Waals surface area contributed by atoms with Gasteiger partial charge in [-0.1, -0.05) is 12.1 Å². The third-order valence-corrected chi connectivity index (χ3v) is 3.34. The molecule has 0 radical (unpaired) electrons. The van der Waals surface area contributed by atoms with E-state index in [0.29, 0.717) is 19.4 Å². The van der Waals surface area contributed by atoms with Crippen LogP contribution >= 0.6 is 0 Å². The van der Waals surface area contributed by atoms with Gasteiger partial charge < -0.3 is 19.8 Å². The molecule has 2 N–H and O–H groups in total. The summed E-state index contributed by atoms with van der Waals surface area (Å²) in [5, 5.41) is 18.5. The number of amides is 1. The van der Waals surface area contributed by atoms with Gasteiger partial charge in [0.1, 0.15) is 0 Å². The maximum absolute atomic E-state index is 12.0. The first-order valence-corrected chi connectivity index (χ1v) is 6.49. The topological polar surface area (TPSA) is 87.1 Å². The van der Waals surface area contributed by atoms with Gasteiger partial charge in [0.25, 0.3) is 5.91 Å². The van der Waals surface area contributed by atoms with Gasteiger partial charge in [-0.2, -0.15) is 0 Å². The van der Waals surface area contributed by atoms with Crippen LogP contribution in [0.4, 0.5) is 0 Å². The molecular formula is C14H17NO5. The Balaban J connectivity index is 1.89. The molecule has 0 unspecified atom stereocenters. The molecule has 1 saturated heterocycles. The number of aliphatic carboxylic acids is 1. The number of nitrogens with zero attached hydrogens (tertiary/aromatic N) is 1. The fourth-order valence-corrected chi connectivity index (χ4v) is 2.22. The summed E-state index contributed by atoms with van der Waals surface area (Å²) in [6.45, 7) is 0.564. The molecule has 0 bridgehead atoms. The van der Waals surface area contributed by atoms with Crippen molar-refractivity contribution in [2.75, 3.05) is 19.7 Å². The van der Waals surface area contributed by atoms with E-state index in [2.05, 4.69) is 0 Å². The van der Waals surface area contributed by atoms with Crippen LogP contribution in [0.5, 0.6) is 11.5 Å². The molecule has 1 aromatic carbocycles. The number of para-hydroxylation sites is 2. The van der Waals surface area contributed by atoms with E-state index in [1.807, 2.05) is 0 Å². The Morgan fingerprint density at radius 2 is 2.10 bits per heavy atom. The van der Waals surface area contributed by atoms with Gasteiger partial charge in [-0.25, -0.2) is 0 Å². The number of hydrogen-bond donors (Lipinski definition) is 2. The number of phenolic OH excluding ortho intramolecular Hbond substituents is 1. The summed E-state index contributed by atoms with van der Waals surface area (Å²) in [7, 11) is 0. The number of carboxylic acid groups (broad SMARTS) is 1. The van der Waals surface area contributed by atoms with Crippen LogP contribution in [0.1, 0.15) is 12.8 Å². The zero-order valence-electron chi connectivity index (χ0n) is 11.0. The standard InChI is InChI=1S/C14H17NO5/c16-11-5-1-2-6-12(11)20-9-13(17)15-7-3-4-10(8-15)14(18)19/h1-2,5-6,10,16H,3-4,7-9H2,(H,18,19)/t10-/m1/s1. The van der Waals surface area contributed by atoms with E-state index in [4.69, 9.17) is 9.84 Å². The van der Waals surface area contributed by atoms with E-state index < -0.39 is 11.9 Å². The molecule has 1 fully saturated rings. The second-order valence-electron chi connectivity index (χ2n) is 4.77. The maximum Gasteiger partial charge on any atom is 0.308 e. The lowest BCUT2D eigenvalue weighted by Crippen LogP contribution is -2.44. The molecule has 1 atom stereocenters. The molecule has 20 heavy (non-hydrogen) atoms. The number of piperidine rings is 1. The smallest absolute Gasteiger partial charge is 0.308 e. The summed E-state index contributed by atoms with van der Waals surface area (Å²) in [4.78, 5) is 24.4. The molecule has 108 valence electrons. The van der Waals surface area contributed by atoms with Gasteiger partial charge in [-0.15, -0.1) is 0 Å². The fourth-order valence-electron chi connectivity index (χ4n) is 2.22. The van der Waals surface area contributed by atoms with Crippen LogP contribution in [-0.4, -0.2) is 46.7 Å². The van der Waals surface area contributed by atoms with Gasteiger partial charge in [0.2, 0.25) is 0 Å². The number of aromatic hydroxyl groups is 1. The number of likely N-dealkylation sites (tertiary alicyclic amines) is 1. The molecule has 1 amide bonds. The number of hydrogen-bond acceptors (Lipinski definition) is 4. The highest BCUT2D eigenvalue weighted by molar-refractivity contribution is 5.79. The Bertz CT molecular complexity index is 502. The Hall–Kier alpha value is -2.24. The first-order valence-electron chi connectivity index (χ1n) is 6.49. The van der Waals surface area contributed by atoms with Gasteiger partial charge in [0, 0.05) is 13.1 Å². The number of carbonyl (C=O) groups excluding carboxylic acids is 1. The lowest BCUT2D eigenvalue weighted by molar-refractivity contribution is -0.146. The van der Waals surface area contributed by atoms with Crippen molar-refractivity contribution in [3.05, 3.63) is 24.3 Å². The van der Waals surface area contributed by atoms with Gasteiger partial charge >= 0.3 is 5.97 Å². The van der Waals surface area contributed by atoms with Crippen molar-refractivity contribution in [3.63, 3.8) is 0 Å². The molecule has 1 aliphatic heterocycles. The minimum absolute atomic E-state index is 0.0256. The highest BCUT2D eigenvalue weighted by Crippen LogP contribution is 2.24. The van der Waals surface area contributed by atoms with Crippen LogP contribution in [0.2, 0.25) is 0 Å². The third-order valence-electron chi connectivity index (χ3n) is 3.34. The maximum atomic E-state index is 12.0. The molecule has 6 nitrogen and oxygen atoms in total. The van der Waals surface area contributed by atoms with Crippen molar-refractivity contribution >= 4 is 11.9 Å². The minimum atomic E-state index is -0.871. The predicted octanol–water partition coefficient (Wildman–Crippen LogP) is 1.09. The second-order valence-corrected chi connectivity index (χ2v) is 4.77. The van der Waals surface area contributed by atoms with E-state index in [-0.39, 0.29) is 30.6 Å². The van der Waals surface area contributed by atoms with Gasteiger partial charge in [-0.05, 0) is 25.0 Å². The van der Waals surface area contributed by atoms with Gasteiger partial charge in [0.15, 0.2) is 18.1 Å². The number of phenols is 1. The Morgan fingerprint density at radius 3 is 2.80 bits per heavy atom. The first-order chi connectivity index (χ1) is 9.58. The summed E-state index contributed by atoms with van der Waals surface area (Å²) in [5.41, 5.74) is 0. The van der Waals surface area contributed by atoms with Crippen LogP contribution in [0, 0.1) is 5.92 Å². The molecular weight excluding hydrogens is 262 g/mol. The number of benzene rings is 1. The molecule has 0 spiro atoms. The quantitative estimate of drug-likeness (QED) is 0.861. The zero-order chi connectivity index (χ0) is 14.5. The summed E-state index contributed by atoms with van der Waals surface area (Å²) in [5.74, 6) is -1.42. The summed E-state index contributed by atoms with van der Waals surface area (Å²) in [6, 6.07) is 6.40. The van der Waals surface area contributed by atoms with Crippen molar-refractivity contribution in [3.8, 4) is 11.5 Å². The number of ether oxygens (including phenoxy) is 1. The average molecular weight is 279 g/mol. The largest absolute Gasteiger partial charge is 0.504 e. The van der Waals surface area contributed by atoms with Crippen LogP contribution in [-0.2, 0) is 9.59 Å². The first kappa shape index (κ1) is 14.2. The van der Waals surface area contributed by atoms with Crippen LogP contribution in [0.3, 0.4) is 0 Å². The molecule has 1 heterocycles. The predicted molar refractivity (Wildman–Crippen MR) is 70.5 cm³/mol. The SMILES string of the molecule is O=C(O)[C@@H]1CCCN(C(=O)COc2ccccc2O)C1. The van der Waals surface area contributed by atoms with E-state index >= 15 is 0 Å². The highest BCUT2D eigenvalue weighted by atomic mass is 16.5. The number of rotatable bonds is 4. The lowest BCUT2D eigenvalue weighted by Gasteiger charge is -2.30. The lowest BCUT2D eigenvalue weighted by atomic mass is 9.98. The molecule has 2 rings (SSSR count). The minimum Gasteiger partial charge on any atom is -0.504 e. The summed E-state index contributed by atoms with van der Waals surface area (Å²) >= 11 is 0. The molecule has 0 aromatic heterocycles. The third kappa shape index (κ3) is 3.40.